The number of carbonyl (C=O) groups excluding carboxylic acids is 1. The van der Waals surface area contributed by atoms with E-state index < -0.39 is 5.91 Å². The van der Waals surface area contributed by atoms with Gasteiger partial charge in [-0.05, 0) is 37.3 Å². The molecule has 7 heteroatoms. The maximum absolute atomic E-state index is 11.9. The molecule has 0 spiro atoms. The average molecular weight is 358 g/mol. The van der Waals surface area contributed by atoms with Crippen molar-refractivity contribution >= 4 is 12.1 Å². The lowest BCUT2D eigenvalue weighted by Crippen LogP contribution is -2.24. The zero-order valence-electron chi connectivity index (χ0n) is 15.0. The Balaban J connectivity index is 1.92. The number of benzene rings is 2. The number of para-hydroxylation sites is 2. The standard InChI is InChI=1S/C19H22N2O5/c1-4-25-17-7-5-6-8-18(17)26-13-19(22)21-20-12-14-11-15(23-2)9-10-16(14)24-3/h5-12H,4,13H2,1-3H3,(H,21,22)/b20-12+. The van der Waals surface area contributed by atoms with Crippen molar-refractivity contribution in [3.8, 4) is 23.0 Å². The molecule has 2 rings (SSSR count). The molecule has 0 aliphatic rings. The molecule has 1 amide bonds. The molecule has 2 aromatic carbocycles. The van der Waals surface area contributed by atoms with Crippen LogP contribution >= 0.6 is 0 Å². The van der Waals surface area contributed by atoms with Gasteiger partial charge in [-0.15, -0.1) is 0 Å². The van der Waals surface area contributed by atoms with E-state index in [4.69, 9.17) is 18.9 Å². The molecule has 7 nitrogen and oxygen atoms in total. The monoisotopic (exact) mass is 358 g/mol. The Hall–Kier alpha value is -3.22. The van der Waals surface area contributed by atoms with E-state index in [-0.39, 0.29) is 6.61 Å². The molecule has 0 saturated heterocycles. The highest BCUT2D eigenvalue weighted by atomic mass is 16.5. The van der Waals surface area contributed by atoms with Gasteiger partial charge < -0.3 is 18.9 Å². The van der Waals surface area contributed by atoms with Crippen molar-refractivity contribution in [2.24, 2.45) is 5.10 Å². The van der Waals surface area contributed by atoms with E-state index in [9.17, 15) is 4.79 Å². The Morgan fingerprint density at radius 2 is 1.77 bits per heavy atom. The SMILES string of the molecule is CCOc1ccccc1OCC(=O)N/N=C/c1cc(OC)ccc1OC. The Kier molecular flexibility index (Phi) is 7.30. The maximum Gasteiger partial charge on any atom is 0.277 e. The van der Waals surface area contributed by atoms with Gasteiger partial charge in [0, 0.05) is 5.56 Å². The fourth-order valence-corrected chi connectivity index (χ4v) is 2.13. The Labute approximate surface area is 152 Å². The minimum absolute atomic E-state index is 0.184. The summed E-state index contributed by atoms with van der Waals surface area (Å²) in [6.45, 7) is 2.21. The second-order valence-corrected chi connectivity index (χ2v) is 5.07. The van der Waals surface area contributed by atoms with Crippen molar-refractivity contribution in [1.82, 2.24) is 5.43 Å². The summed E-state index contributed by atoms with van der Waals surface area (Å²) in [5.74, 6) is 1.98. The molecule has 0 atom stereocenters. The van der Waals surface area contributed by atoms with Crippen molar-refractivity contribution in [2.75, 3.05) is 27.4 Å². The minimum Gasteiger partial charge on any atom is -0.497 e. The number of methoxy groups -OCH3 is 2. The van der Waals surface area contributed by atoms with E-state index in [0.717, 1.165) is 0 Å². The fourth-order valence-electron chi connectivity index (χ4n) is 2.13. The van der Waals surface area contributed by atoms with Crippen LogP contribution in [0, 0.1) is 0 Å². The van der Waals surface area contributed by atoms with Crippen LogP contribution in [-0.4, -0.2) is 39.6 Å². The minimum atomic E-state index is -0.394. The summed E-state index contributed by atoms with van der Waals surface area (Å²) in [7, 11) is 3.13. The lowest BCUT2D eigenvalue weighted by atomic mass is 10.2. The third-order valence-corrected chi connectivity index (χ3v) is 3.34. The van der Waals surface area contributed by atoms with Crippen molar-refractivity contribution < 1.29 is 23.7 Å². The van der Waals surface area contributed by atoms with E-state index in [1.807, 2.05) is 19.1 Å². The highest BCUT2D eigenvalue weighted by Gasteiger charge is 2.07. The summed E-state index contributed by atoms with van der Waals surface area (Å²) in [5, 5.41) is 3.93. The molecule has 1 N–H and O–H groups in total. The summed E-state index contributed by atoms with van der Waals surface area (Å²) in [6.07, 6.45) is 1.48. The van der Waals surface area contributed by atoms with Crippen LogP contribution in [0.15, 0.2) is 47.6 Å². The topological polar surface area (TPSA) is 78.4 Å². The molecule has 0 aliphatic carbocycles. The first-order valence-electron chi connectivity index (χ1n) is 8.06. The van der Waals surface area contributed by atoms with Crippen LogP contribution in [0.2, 0.25) is 0 Å². The molecular formula is C19H22N2O5. The number of nitrogens with zero attached hydrogens (tertiary/aromatic N) is 1. The first-order valence-corrected chi connectivity index (χ1v) is 8.06. The van der Waals surface area contributed by atoms with E-state index >= 15 is 0 Å². The summed E-state index contributed by atoms with van der Waals surface area (Å²) in [6, 6.07) is 12.5. The highest BCUT2D eigenvalue weighted by molar-refractivity contribution is 5.86. The van der Waals surface area contributed by atoms with Gasteiger partial charge in [0.2, 0.25) is 0 Å². The van der Waals surface area contributed by atoms with Gasteiger partial charge in [-0.1, -0.05) is 12.1 Å². The van der Waals surface area contributed by atoms with Gasteiger partial charge in [0.05, 0.1) is 27.0 Å². The quantitative estimate of drug-likeness (QED) is 0.551. The molecular weight excluding hydrogens is 336 g/mol. The van der Waals surface area contributed by atoms with Gasteiger partial charge in [0.15, 0.2) is 18.1 Å². The van der Waals surface area contributed by atoms with Gasteiger partial charge in [0.25, 0.3) is 5.91 Å². The van der Waals surface area contributed by atoms with E-state index in [2.05, 4.69) is 10.5 Å². The molecule has 2 aromatic rings. The van der Waals surface area contributed by atoms with E-state index in [1.165, 1.54) is 6.21 Å². The average Bonchev–Trinajstić information content (AvgIpc) is 2.67. The van der Waals surface area contributed by atoms with Crippen molar-refractivity contribution in [3.63, 3.8) is 0 Å². The lowest BCUT2D eigenvalue weighted by molar-refractivity contribution is -0.123. The van der Waals surface area contributed by atoms with E-state index in [0.29, 0.717) is 35.2 Å². The van der Waals surface area contributed by atoms with Gasteiger partial charge in [-0.2, -0.15) is 5.10 Å². The van der Waals surface area contributed by atoms with Gasteiger partial charge in [0.1, 0.15) is 11.5 Å². The number of nitrogens with one attached hydrogen (secondary N) is 1. The number of carbonyl (C=O) groups is 1. The summed E-state index contributed by atoms with van der Waals surface area (Å²) in [5.41, 5.74) is 3.09. The number of hydrogen-bond acceptors (Lipinski definition) is 6. The molecule has 138 valence electrons. The zero-order chi connectivity index (χ0) is 18.8. The first-order chi connectivity index (χ1) is 12.7. The molecule has 0 unspecified atom stereocenters. The molecule has 0 fully saturated rings. The lowest BCUT2D eigenvalue weighted by Gasteiger charge is -2.10. The molecule has 0 aliphatic heterocycles. The van der Waals surface area contributed by atoms with Crippen LogP contribution in [0.3, 0.4) is 0 Å². The van der Waals surface area contributed by atoms with Crippen molar-refractivity contribution in [2.45, 2.75) is 6.92 Å². The third-order valence-electron chi connectivity index (χ3n) is 3.34. The van der Waals surface area contributed by atoms with Crippen LogP contribution in [0.1, 0.15) is 12.5 Å². The number of amides is 1. The summed E-state index contributed by atoms with van der Waals surface area (Å²) >= 11 is 0. The fraction of sp³-hybridized carbons (Fsp3) is 0.263. The Morgan fingerprint density at radius 3 is 2.42 bits per heavy atom. The molecule has 0 radical (unpaired) electrons. The summed E-state index contributed by atoms with van der Waals surface area (Å²) < 4.78 is 21.3. The van der Waals surface area contributed by atoms with Crippen molar-refractivity contribution in [1.29, 1.82) is 0 Å². The maximum atomic E-state index is 11.9. The zero-order valence-corrected chi connectivity index (χ0v) is 15.0. The molecule has 26 heavy (non-hydrogen) atoms. The van der Waals surface area contributed by atoms with Gasteiger partial charge >= 0.3 is 0 Å². The smallest absolute Gasteiger partial charge is 0.277 e. The number of ether oxygens (including phenoxy) is 4. The second-order valence-electron chi connectivity index (χ2n) is 5.07. The summed E-state index contributed by atoms with van der Waals surface area (Å²) in [4.78, 5) is 11.9. The van der Waals surface area contributed by atoms with Crippen LogP contribution < -0.4 is 24.4 Å². The van der Waals surface area contributed by atoms with E-state index in [1.54, 1.807) is 44.6 Å². The number of rotatable bonds is 9. The Bertz CT molecular complexity index is 761. The van der Waals surface area contributed by atoms with Crippen LogP contribution in [-0.2, 0) is 4.79 Å². The molecule has 0 bridgehead atoms. The van der Waals surface area contributed by atoms with Crippen LogP contribution in [0.4, 0.5) is 0 Å². The van der Waals surface area contributed by atoms with Gasteiger partial charge in [-0.25, -0.2) is 5.43 Å². The number of hydrazone groups is 1. The third kappa shape index (κ3) is 5.41. The molecule has 0 aromatic heterocycles. The highest BCUT2D eigenvalue weighted by Crippen LogP contribution is 2.26. The second kappa shape index (κ2) is 9.93. The molecule has 0 heterocycles. The molecule has 0 saturated carbocycles. The van der Waals surface area contributed by atoms with Crippen molar-refractivity contribution in [3.05, 3.63) is 48.0 Å². The van der Waals surface area contributed by atoms with Gasteiger partial charge in [-0.3, -0.25) is 4.79 Å². The Morgan fingerprint density at radius 1 is 1.04 bits per heavy atom. The predicted molar refractivity (Wildman–Crippen MR) is 98.4 cm³/mol. The normalized spacial score (nSPS) is 10.4. The van der Waals surface area contributed by atoms with Crippen LogP contribution in [0.5, 0.6) is 23.0 Å². The largest absolute Gasteiger partial charge is 0.497 e. The first kappa shape index (κ1) is 19.1. The predicted octanol–water partition coefficient (Wildman–Crippen LogP) is 2.63. The van der Waals surface area contributed by atoms with Crippen LogP contribution in [0.25, 0.3) is 0 Å². The number of hydrogen-bond donors (Lipinski definition) is 1.